The summed E-state index contributed by atoms with van der Waals surface area (Å²) in [6.07, 6.45) is 9.40. The van der Waals surface area contributed by atoms with Crippen LogP contribution in [0.25, 0.3) is 0 Å². The van der Waals surface area contributed by atoms with Gasteiger partial charge in [-0.25, -0.2) is 0 Å². The van der Waals surface area contributed by atoms with E-state index in [1.165, 1.54) is 36.2 Å². The van der Waals surface area contributed by atoms with E-state index in [9.17, 15) is 5.11 Å². The lowest BCUT2D eigenvalue weighted by molar-refractivity contribution is 0.229. The molecule has 0 aromatic heterocycles. The molecule has 0 heterocycles. The zero-order chi connectivity index (χ0) is 12.6. The molecule has 2 rings (SSSR count). The van der Waals surface area contributed by atoms with Crippen molar-refractivity contribution >= 4 is 11.8 Å². The Morgan fingerprint density at radius 3 is 2.67 bits per heavy atom. The molecule has 1 aliphatic rings. The topological polar surface area (TPSA) is 20.2 Å². The Bertz CT molecular complexity index is 372. The maximum absolute atomic E-state index is 10.3. The fourth-order valence-corrected chi connectivity index (χ4v) is 3.23. The quantitative estimate of drug-likeness (QED) is 0.640. The molecule has 0 spiro atoms. The van der Waals surface area contributed by atoms with Crippen LogP contribution in [0.5, 0.6) is 0 Å². The molecule has 1 nitrogen and oxygen atoms in total. The molecule has 0 aliphatic heterocycles. The molecule has 0 radical (unpaired) electrons. The van der Waals surface area contributed by atoms with Crippen molar-refractivity contribution in [2.24, 2.45) is 0 Å². The fraction of sp³-hybridized carbons (Fsp3) is 0.500. The van der Waals surface area contributed by atoms with Crippen LogP contribution in [-0.2, 0) is 0 Å². The number of hydrogen-bond donors (Lipinski definition) is 1. The number of aliphatic hydroxyl groups excluding tert-OH is 1. The van der Waals surface area contributed by atoms with Crippen LogP contribution >= 0.6 is 11.8 Å². The number of hydrogen-bond acceptors (Lipinski definition) is 2. The van der Waals surface area contributed by atoms with E-state index in [-0.39, 0.29) is 6.10 Å². The third-order valence-corrected chi connectivity index (χ3v) is 4.49. The van der Waals surface area contributed by atoms with Gasteiger partial charge in [0.1, 0.15) is 0 Å². The van der Waals surface area contributed by atoms with Gasteiger partial charge in [0.05, 0.1) is 6.10 Å². The Kier molecular flexibility index (Phi) is 5.82. The summed E-state index contributed by atoms with van der Waals surface area (Å²) in [5.74, 6) is 0.774. The SMILES string of the molecule is OC(CSc1ccccc1)/C1=C/CCCCCC1. The normalized spacial score (nSPS) is 21.5. The van der Waals surface area contributed by atoms with Crippen LogP contribution in [0.2, 0.25) is 0 Å². The first-order chi connectivity index (χ1) is 8.86. The first-order valence-electron chi connectivity index (χ1n) is 6.91. The predicted molar refractivity (Wildman–Crippen MR) is 79.0 cm³/mol. The Balaban J connectivity index is 1.84. The minimum Gasteiger partial charge on any atom is -0.388 e. The Hall–Kier alpha value is -0.730. The number of aliphatic hydroxyl groups is 1. The second-order valence-electron chi connectivity index (χ2n) is 4.87. The van der Waals surface area contributed by atoms with Crippen molar-refractivity contribution in [1.29, 1.82) is 0 Å². The maximum atomic E-state index is 10.3. The standard InChI is InChI=1S/C16H22OS/c17-16(13-18-15-11-7-4-8-12-15)14-9-5-2-1-3-6-10-14/h4,7-9,11-12,16-17H,1-3,5-6,10,13H2/b14-9+. The second kappa shape index (κ2) is 7.65. The molecule has 0 bridgehead atoms. The average molecular weight is 262 g/mol. The highest BCUT2D eigenvalue weighted by molar-refractivity contribution is 7.99. The summed E-state index contributed by atoms with van der Waals surface area (Å²) in [5.41, 5.74) is 1.26. The predicted octanol–water partition coefficient (Wildman–Crippen LogP) is 4.42. The average Bonchev–Trinajstić information content (AvgIpc) is 2.37. The van der Waals surface area contributed by atoms with Gasteiger partial charge in [0.2, 0.25) is 0 Å². The largest absolute Gasteiger partial charge is 0.388 e. The van der Waals surface area contributed by atoms with Crippen LogP contribution in [0.15, 0.2) is 46.9 Å². The van der Waals surface area contributed by atoms with E-state index in [1.54, 1.807) is 11.8 Å². The monoisotopic (exact) mass is 262 g/mol. The minimum absolute atomic E-state index is 0.270. The molecule has 1 aromatic carbocycles. The zero-order valence-electron chi connectivity index (χ0n) is 10.8. The van der Waals surface area contributed by atoms with Crippen LogP contribution < -0.4 is 0 Å². The van der Waals surface area contributed by atoms with Gasteiger partial charge >= 0.3 is 0 Å². The highest BCUT2D eigenvalue weighted by atomic mass is 32.2. The number of thioether (sulfide) groups is 1. The molecule has 1 unspecified atom stereocenters. The maximum Gasteiger partial charge on any atom is 0.0844 e. The lowest BCUT2D eigenvalue weighted by Crippen LogP contribution is -2.14. The van der Waals surface area contributed by atoms with E-state index in [2.05, 4.69) is 18.2 Å². The van der Waals surface area contributed by atoms with Crippen LogP contribution in [0.4, 0.5) is 0 Å². The molecule has 0 fully saturated rings. The summed E-state index contributed by atoms with van der Waals surface area (Å²) in [4.78, 5) is 1.24. The molecule has 2 heteroatoms. The Morgan fingerprint density at radius 1 is 1.06 bits per heavy atom. The van der Waals surface area contributed by atoms with Crippen molar-refractivity contribution in [3.63, 3.8) is 0 Å². The van der Waals surface area contributed by atoms with Gasteiger partial charge in [-0.1, -0.05) is 37.1 Å². The van der Waals surface area contributed by atoms with E-state index in [0.717, 1.165) is 18.6 Å². The summed E-state index contributed by atoms with van der Waals surface area (Å²) < 4.78 is 0. The van der Waals surface area contributed by atoms with Gasteiger partial charge in [-0.05, 0) is 43.4 Å². The van der Waals surface area contributed by atoms with Gasteiger partial charge < -0.3 is 5.11 Å². The van der Waals surface area contributed by atoms with Gasteiger partial charge in [-0.3, -0.25) is 0 Å². The molecule has 18 heavy (non-hydrogen) atoms. The zero-order valence-corrected chi connectivity index (χ0v) is 11.7. The van der Waals surface area contributed by atoms with Gasteiger partial charge in [0.15, 0.2) is 0 Å². The summed E-state index contributed by atoms with van der Waals surface area (Å²) in [7, 11) is 0. The number of allylic oxidation sites excluding steroid dienone is 1. The van der Waals surface area contributed by atoms with Crippen molar-refractivity contribution < 1.29 is 5.11 Å². The second-order valence-corrected chi connectivity index (χ2v) is 5.97. The lowest BCUT2D eigenvalue weighted by Gasteiger charge is -2.17. The highest BCUT2D eigenvalue weighted by Gasteiger charge is 2.12. The van der Waals surface area contributed by atoms with Crippen molar-refractivity contribution in [1.82, 2.24) is 0 Å². The van der Waals surface area contributed by atoms with Crippen LogP contribution in [0.1, 0.15) is 38.5 Å². The fourth-order valence-electron chi connectivity index (χ4n) is 2.32. The summed E-state index contributed by atoms with van der Waals surface area (Å²) >= 11 is 1.74. The number of rotatable bonds is 4. The molecular weight excluding hydrogens is 240 g/mol. The van der Waals surface area contributed by atoms with Gasteiger partial charge in [-0.15, -0.1) is 11.8 Å². The Labute approximate surface area is 114 Å². The van der Waals surface area contributed by atoms with Crippen molar-refractivity contribution in [2.45, 2.75) is 49.5 Å². The van der Waals surface area contributed by atoms with Crippen LogP contribution in [0.3, 0.4) is 0 Å². The van der Waals surface area contributed by atoms with Crippen molar-refractivity contribution in [3.8, 4) is 0 Å². The molecule has 1 aromatic rings. The molecule has 98 valence electrons. The molecule has 0 saturated heterocycles. The van der Waals surface area contributed by atoms with Crippen LogP contribution in [0, 0.1) is 0 Å². The molecule has 1 atom stereocenters. The molecule has 0 saturated carbocycles. The lowest BCUT2D eigenvalue weighted by atomic mass is 9.97. The summed E-state index contributed by atoms with van der Waals surface area (Å²) in [6.45, 7) is 0. The molecule has 1 N–H and O–H groups in total. The van der Waals surface area contributed by atoms with E-state index in [0.29, 0.717) is 0 Å². The third-order valence-electron chi connectivity index (χ3n) is 3.41. The molecular formula is C16H22OS. The first kappa shape index (κ1) is 13.7. The molecule has 0 amide bonds. The summed E-state index contributed by atoms with van der Waals surface area (Å²) in [5, 5.41) is 10.3. The third kappa shape index (κ3) is 4.51. The minimum atomic E-state index is -0.270. The first-order valence-corrected chi connectivity index (χ1v) is 7.89. The van der Waals surface area contributed by atoms with Gasteiger partial charge in [-0.2, -0.15) is 0 Å². The molecule has 1 aliphatic carbocycles. The Morgan fingerprint density at radius 2 is 1.83 bits per heavy atom. The van der Waals surface area contributed by atoms with Gasteiger partial charge in [0.25, 0.3) is 0 Å². The van der Waals surface area contributed by atoms with Crippen molar-refractivity contribution in [2.75, 3.05) is 5.75 Å². The smallest absolute Gasteiger partial charge is 0.0844 e. The van der Waals surface area contributed by atoms with E-state index in [4.69, 9.17) is 0 Å². The number of benzene rings is 1. The van der Waals surface area contributed by atoms with E-state index < -0.39 is 0 Å². The highest BCUT2D eigenvalue weighted by Crippen LogP contribution is 2.24. The summed E-state index contributed by atoms with van der Waals surface area (Å²) in [6, 6.07) is 10.3. The van der Waals surface area contributed by atoms with E-state index >= 15 is 0 Å². The van der Waals surface area contributed by atoms with E-state index in [1.807, 2.05) is 18.2 Å². The van der Waals surface area contributed by atoms with Crippen molar-refractivity contribution in [3.05, 3.63) is 42.0 Å². The van der Waals surface area contributed by atoms with Gasteiger partial charge in [0, 0.05) is 10.6 Å². The van der Waals surface area contributed by atoms with Crippen LogP contribution in [-0.4, -0.2) is 17.0 Å².